The van der Waals surface area contributed by atoms with Gasteiger partial charge in [-0.15, -0.1) is 0 Å². The molecule has 0 saturated carbocycles. The monoisotopic (exact) mass is 310 g/mol. The van der Waals surface area contributed by atoms with Crippen LogP contribution in [0.5, 0.6) is 0 Å². The van der Waals surface area contributed by atoms with E-state index in [1.54, 1.807) is 0 Å². The molecule has 2 rings (SSSR count). The van der Waals surface area contributed by atoms with E-state index >= 15 is 0 Å². The van der Waals surface area contributed by atoms with Gasteiger partial charge in [0.15, 0.2) is 0 Å². The lowest BCUT2D eigenvalue weighted by Crippen LogP contribution is -2.39. The Morgan fingerprint density at radius 1 is 1.44 bits per heavy atom. The summed E-state index contributed by atoms with van der Waals surface area (Å²) in [6.45, 7) is 5.49. The van der Waals surface area contributed by atoms with Crippen molar-refractivity contribution in [2.45, 2.75) is 51.6 Å². The van der Waals surface area contributed by atoms with Gasteiger partial charge in [0.25, 0.3) is 0 Å². The lowest BCUT2D eigenvalue weighted by atomic mass is 9.98. The number of hydrogen-bond acceptors (Lipinski definition) is 2. The second-order valence-corrected chi connectivity index (χ2v) is 6.11. The second-order valence-electron chi connectivity index (χ2n) is 5.25. The number of anilines is 1. The van der Waals surface area contributed by atoms with Crippen LogP contribution in [0.15, 0.2) is 22.7 Å². The second kappa shape index (κ2) is 6.07. The predicted molar refractivity (Wildman–Crippen MR) is 82.0 cm³/mol. The number of nitrogens with zero attached hydrogens (tertiary/aromatic N) is 1. The lowest BCUT2D eigenvalue weighted by molar-refractivity contribution is 0.449. The summed E-state index contributed by atoms with van der Waals surface area (Å²) >= 11 is 3.71. The largest absolute Gasteiger partial charge is 0.368 e. The third-order valence-electron chi connectivity index (χ3n) is 3.91. The Labute approximate surface area is 119 Å². The summed E-state index contributed by atoms with van der Waals surface area (Å²) in [7, 11) is 0. The van der Waals surface area contributed by atoms with Crippen LogP contribution in [0.2, 0.25) is 0 Å². The van der Waals surface area contributed by atoms with E-state index in [-0.39, 0.29) is 6.04 Å². The zero-order valence-corrected chi connectivity index (χ0v) is 12.9. The summed E-state index contributed by atoms with van der Waals surface area (Å²) in [6.07, 6.45) is 5.21. The van der Waals surface area contributed by atoms with Crippen molar-refractivity contribution in [3.63, 3.8) is 0 Å². The van der Waals surface area contributed by atoms with Gasteiger partial charge in [-0.25, -0.2) is 0 Å². The fraction of sp³-hybridized carbons (Fsp3) is 0.600. The van der Waals surface area contributed by atoms with Crippen molar-refractivity contribution >= 4 is 21.6 Å². The summed E-state index contributed by atoms with van der Waals surface area (Å²) in [6, 6.07) is 7.33. The molecule has 0 radical (unpaired) electrons. The van der Waals surface area contributed by atoms with Crippen molar-refractivity contribution < 1.29 is 0 Å². The highest BCUT2D eigenvalue weighted by molar-refractivity contribution is 9.10. The topological polar surface area (TPSA) is 29.3 Å². The van der Waals surface area contributed by atoms with Crippen molar-refractivity contribution in [3.05, 3.63) is 28.2 Å². The van der Waals surface area contributed by atoms with Gasteiger partial charge in [0.2, 0.25) is 0 Å². The number of piperidine rings is 1. The fourth-order valence-electron chi connectivity index (χ4n) is 2.78. The maximum absolute atomic E-state index is 5.93. The molecule has 2 N–H and O–H groups in total. The molecule has 1 aliphatic rings. The van der Waals surface area contributed by atoms with Crippen LogP contribution in [-0.2, 0) is 0 Å². The standard InChI is InChI=1S/C15H23BrN2/c1-3-13-6-4-5-9-18(13)15-8-7-12(11(2)17)10-14(15)16/h7-8,10-11,13H,3-6,9,17H2,1-2H3/t11-,13?/m0/s1. The summed E-state index contributed by atoms with van der Waals surface area (Å²) in [4.78, 5) is 2.55. The van der Waals surface area contributed by atoms with Gasteiger partial charge >= 0.3 is 0 Å². The Morgan fingerprint density at radius 2 is 2.22 bits per heavy atom. The van der Waals surface area contributed by atoms with Gasteiger partial charge in [-0.2, -0.15) is 0 Å². The molecule has 1 aromatic carbocycles. The van der Waals surface area contributed by atoms with E-state index in [1.807, 2.05) is 6.92 Å². The third-order valence-corrected chi connectivity index (χ3v) is 4.54. The Kier molecular flexibility index (Phi) is 4.68. The van der Waals surface area contributed by atoms with Crippen molar-refractivity contribution in [2.75, 3.05) is 11.4 Å². The van der Waals surface area contributed by atoms with Crippen LogP contribution in [-0.4, -0.2) is 12.6 Å². The minimum absolute atomic E-state index is 0.0960. The molecule has 100 valence electrons. The average Bonchev–Trinajstić information content (AvgIpc) is 2.38. The Hall–Kier alpha value is -0.540. The van der Waals surface area contributed by atoms with Crippen LogP contribution >= 0.6 is 15.9 Å². The molecule has 2 nitrogen and oxygen atoms in total. The first-order valence-electron chi connectivity index (χ1n) is 6.95. The molecule has 2 atom stereocenters. The first-order valence-corrected chi connectivity index (χ1v) is 7.74. The van der Waals surface area contributed by atoms with Crippen LogP contribution in [0, 0.1) is 0 Å². The van der Waals surface area contributed by atoms with E-state index in [4.69, 9.17) is 5.73 Å². The zero-order chi connectivity index (χ0) is 13.1. The van der Waals surface area contributed by atoms with E-state index in [0.29, 0.717) is 6.04 Å². The molecule has 0 amide bonds. The highest BCUT2D eigenvalue weighted by Gasteiger charge is 2.22. The molecule has 1 unspecified atom stereocenters. The maximum Gasteiger partial charge on any atom is 0.0513 e. The molecule has 3 heteroatoms. The van der Waals surface area contributed by atoms with Gasteiger partial charge in [0.1, 0.15) is 0 Å². The highest BCUT2D eigenvalue weighted by Crippen LogP contribution is 2.33. The van der Waals surface area contributed by atoms with Gasteiger partial charge in [-0.1, -0.05) is 13.0 Å². The van der Waals surface area contributed by atoms with Crippen molar-refractivity contribution in [2.24, 2.45) is 5.73 Å². The molecule has 1 heterocycles. The van der Waals surface area contributed by atoms with Crippen LogP contribution in [0.25, 0.3) is 0 Å². The van der Waals surface area contributed by atoms with Gasteiger partial charge in [0, 0.05) is 23.1 Å². The number of nitrogens with two attached hydrogens (primary N) is 1. The van der Waals surface area contributed by atoms with Gasteiger partial charge in [-0.3, -0.25) is 0 Å². The highest BCUT2D eigenvalue weighted by atomic mass is 79.9. The van der Waals surface area contributed by atoms with Crippen molar-refractivity contribution in [3.8, 4) is 0 Å². The average molecular weight is 311 g/mol. The maximum atomic E-state index is 5.93. The molecule has 1 aromatic rings. The Morgan fingerprint density at radius 3 is 2.83 bits per heavy atom. The van der Waals surface area contributed by atoms with E-state index in [2.05, 4.69) is 46.0 Å². The van der Waals surface area contributed by atoms with Crippen LogP contribution in [0.1, 0.15) is 51.1 Å². The molecule has 0 bridgehead atoms. The molecular formula is C15H23BrN2. The van der Waals surface area contributed by atoms with Crippen LogP contribution in [0.3, 0.4) is 0 Å². The van der Waals surface area contributed by atoms with Crippen molar-refractivity contribution in [1.29, 1.82) is 0 Å². The van der Waals surface area contributed by atoms with E-state index in [1.165, 1.54) is 48.0 Å². The Balaban J connectivity index is 2.26. The first kappa shape index (κ1) is 13.9. The van der Waals surface area contributed by atoms with Crippen LogP contribution in [0.4, 0.5) is 5.69 Å². The van der Waals surface area contributed by atoms with E-state index < -0.39 is 0 Å². The van der Waals surface area contributed by atoms with Crippen molar-refractivity contribution in [1.82, 2.24) is 0 Å². The minimum atomic E-state index is 0.0960. The normalized spacial score (nSPS) is 22.0. The molecule has 0 aromatic heterocycles. The minimum Gasteiger partial charge on any atom is -0.368 e. The zero-order valence-electron chi connectivity index (χ0n) is 11.3. The number of benzene rings is 1. The fourth-order valence-corrected chi connectivity index (χ4v) is 3.41. The van der Waals surface area contributed by atoms with Gasteiger partial charge in [-0.05, 0) is 66.2 Å². The SMILES string of the molecule is CCC1CCCCN1c1ccc([C@H](C)N)cc1Br. The smallest absolute Gasteiger partial charge is 0.0513 e. The van der Waals surface area contributed by atoms with Gasteiger partial charge < -0.3 is 10.6 Å². The molecule has 0 spiro atoms. The molecule has 18 heavy (non-hydrogen) atoms. The first-order chi connectivity index (χ1) is 8.63. The quantitative estimate of drug-likeness (QED) is 0.905. The molecule has 1 fully saturated rings. The summed E-state index contributed by atoms with van der Waals surface area (Å²) in [5.74, 6) is 0. The molecular weight excluding hydrogens is 288 g/mol. The summed E-state index contributed by atoms with van der Waals surface area (Å²) in [5, 5.41) is 0. The van der Waals surface area contributed by atoms with Gasteiger partial charge in [0.05, 0.1) is 5.69 Å². The Bertz CT molecular complexity index is 403. The van der Waals surface area contributed by atoms with Crippen LogP contribution < -0.4 is 10.6 Å². The lowest BCUT2D eigenvalue weighted by Gasteiger charge is -2.38. The molecule has 1 saturated heterocycles. The molecule has 1 aliphatic heterocycles. The number of halogens is 1. The summed E-state index contributed by atoms with van der Waals surface area (Å²) in [5.41, 5.74) is 8.45. The van der Waals surface area contributed by atoms with E-state index in [9.17, 15) is 0 Å². The molecule has 0 aliphatic carbocycles. The van der Waals surface area contributed by atoms with E-state index in [0.717, 1.165) is 0 Å². The predicted octanol–water partition coefficient (Wildman–Crippen LogP) is 4.24. The third kappa shape index (κ3) is 2.89. The summed E-state index contributed by atoms with van der Waals surface area (Å²) < 4.78 is 1.18. The number of rotatable bonds is 3. The number of hydrogen-bond donors (Lipinski definition) is 1.